The maximum Gasteiger partial charge on any atom is 0.243 e. The van der Waals surface area contributed by atoms with Gasteiger partial charge in [-0.3, -0.25) is 9.59 Å². The zero-order valence-electron chi connectivity index (χ0n) is 16.5. The minimum absolute atomic E-state index is 0.00579. The number of rotatable bonds is 6. The summed E-state index contributed by atoms with van der Waals surface area (Å²) in [5.41, 5.74) is 2.33. The number of amides is 2. The van der Waals surface area contributed by atoms with Crippen molar-refractivity contribution in [1.82, 2.24) is 4.90 Å². The molecule has 0 radical (unpaired) electrons. The van der Waals surface area contributed by atoms with Gasteiger partial charge in [0.15, 0.2) is 0 Å². The van der Waals surface area contributed by atoms with E-state index in [9.17, 15) is 9.59 Å². The van der Waals surface area contributed by atoms with E-state index in [0.29, 0.717) is 5.02 Å². The largest absolute Gasteiger partial charge is 0.336 e. The van der Waals surface area contributed by atoms with Gasteiger partial charge in [-0.05, 0) is 48.6 Å². The first-order valence-electron chi connectivity index (χ1n) is 9.85. The molecule has 1 aliphatic carbocycles. The Morgan fingerprint density at radius 2 is 1.71 bits per heavy atom. The van der Waals surface area contributed by atoms with Crippen LogP contribution in [0, 0.1) is 0 Å². The van der Waals surface area contributed by atoms with Crippen LogP contribution in [0.5, 0.6) is 0 Å². The molecule has 0 saturated heterocycles. The lowest BCUT2D eigenvalue weighted by molar-refractivity contribution is -0.138. The fourth-order valence-corrected chi connectivity index (χ4v) is 4.29. The highest BCUT2D eigenvalue weighted by molar-refractivity contribution is 6.30. The first-order valence-corrected chi connectivity index (χ1v) is 10.2. The van der Waals surface area contributed by atoms with Gasteiger partial charge in [0.05, 0.1) is 12.0 Å². The number of benzene rings is 2. The van der Waals surface area contributed by atoms with Crippen molar-refractivity contribution in [3.05, 3.63) is 64.7 Å². The molecule has 5 heteroatoms. The minimum Gasteiger partial charge on any atom is -0.336 e. The average Bonchev–Trinajstić information content (AvgIpc) is 3.19. The van der Waals surface area contributed by atoms with E-state index in [2.05, 4.69) is 12.2 Å². The number of para-hydroxylation sites is 1. The van der Waals surface area contributed by atoms with Crippen molar-refractivity contribution >= 4 is 29.1 Å². The highest BCUT2D eigenvalue weighted by atomic mass is 35.5. The summed E-state index contributed by atoms with van der Waals surface area (Å²) in [5.74, 6) is -0.174. The monoisotopic (exact) mass is 398 g/mol. The van der Waals surface area contributed by atoms with Crippen molar-refractivity contribution in [2.75, 3.05) is 18.9 Å². The van der Waals surface area contributed by atoms with Crippen LogP contribution in [-0.4, -0.2) is 30.3 Å². The fraction of sp³-hybridized carbons (Fsp3) is 0.391. The van der Waals surface area contributed by atoms with Gasteiger partial charge in [0.2, 0.25) is 11.8 Å². The predicted octanol–water partition coefficient (Wildman–Crippen LogP) is 4.81. The van der Waals surface area contributed by atoms with E-state index in [-0.39, 0.29) is 18.4 Å². The van der Waals surface area contributed by atoms with Crippen LogP contribution >= 0.6 is 11.6 Å². The molecule has 0 unspecified atom stereocenters. The third kappa shape index (κ3) is 4.22. The first kappa shape index (κ1) is 20.4. The molecule has 2 aromatic carbocycles. The molecular weight excluding hydrogens is 372 g/mol. The standard InChI is InChI=1S/C23H27ClN2O2/c1-3-17-8-4-5-9-20(17)25-21(27)16-26(2)22(28)23(14-6-7-15-23)18-10-12-19(24)13-11-18/h4-5,8-13H,3,6-7,14-16H2,1-2H3,(H,25,27). The average molecular weight is 399 g/mol. The molecule has 2 aromatic rings. The van der Waals surface area contributed by atoms with Gasteiger partial charge in [-0.15, -0.1) is 0 Å². The Hall–Kier alpha value is -2.33. The topological polar surface area (TPSA) is 49.4 Å². The van der Waals surface area contributed by atoms with Gasteiger partial charge in [0.25, 0.3) is 0 Å². The Labute approximate surface area is 171 Å². The maximum absolute atomic E-state index is 13.4. The summed E-state index contributed by atoms with van der Waals surface area (Å²) in [7, 11) is 1.71. The number of nitrogens with one attached hydrogen (secondary N) is 1. The first-order chi connectivity index (χ1) is 13.5. The Morgan fingerprint density at radius 3 is 2.36 bits per heavy atom. The van der Waals surface area contributed by atoms with Crippen molar-refractivity contribution in [3.8, 4) is 0 Å². The molecule has 0 heterocycles. The summed E-state index contributed by atoms with van der Waals surface area (Å²) in [6, 6.07) is 15.3. The Bertz CT molecular complexity index is 842. The van der Waals surface area contributed by atoms with Crippen LogP contribution in [0.4, 0.5) is 5.69 Å². The van der Waals surface area contributed by atoms with Gasteiger partial charge in [-0.1, -0.05) is 61.7 Å². The molecule has 0 aromatic heterocycles. The Balaban J connectivity index is 1.73. The molecule has 1 saturated carbocycles. The zero-order chi connectivity index (χ0) is 20.1. The molecule has 4 nitrogen and oxygen atoms in total. The van der Waals surface area contributed by atoms with E-state index in [1.807, 2.05) is 48.5 Å². The third-order valence-electron chi connectivity index (χ3n) is 5.66. The van der Waals surface area contributed by atoms with E-state index in [1.54, 1.807) is 11.9 Å². The lowest BCUT2D eigenvalue weighted by Crippen LogP contribution is -2.46. The molecule has 28 heavy (non-hydrogen) atoms. The zero-order valence-corrected chi connectivity index (χ0v) is 17.3. The lowest BCUT2D eigenvalue weighted by Gasteiger charge is -2.32. The van der Waals surface area contributed by atoms with Crippen molar-refractivity contribution in [1.29, 1.82) is 0 Å². The molecule has 0 spiro atoms. The predicted molar refractivity (Wildman–Crippen MR) is 114 cm³/mol. The number of aryl methyl sites for hydroxylation is 1. The summed E-state index contributed by atoms with van der Waals surface area (Å²) < 4.78 is 0. The van der Waals surface area contributed by atoms with E-state index in [0.717, 1.165) is 48.9 Å². The second kappa shape index (κ2) is 8.78. The number of carbonyl (C=O) groups excluding carboxylic acids is 2. The molecule has 0 bridgehead atoms. The van der Waals surface area contributed by atoms with Crippen molar-refractivity contribution in [2.45, 2.75) is 44.4 Å². The SMILES string of the molecule is CCc1ccccc1NC(=O)CN(C)C(=O)C1(c2ccc(Cl)cc2)CCCC1. The minimum atomic E-state index is -0.555. The van der Waals surface area contributed by atoms with E-state index >= 15 is 0 Å². The number of likely N-dealkylation sites (N-methyl/N-ethyl adjacent to an activating group) is 1. The highest BCUT2D eigenvalue weighted by Crippen LogP contribution is 2.42. The lowest BCUT2D eigenvalue weighted by atomic mass is 9.77. The van der Waals surface area contributed by atoms with Crippen molar-refractivity contribution in [2.24, 2.45) is 0 Å². The molecule has 0 aliphatic heterocycles. The second-order valence-electron chi connectivity index (χ2n) is 7.52. The molecule has 1 N–H and O–H groups in total. The van der Waals surface area contributed by atoms with E-state index in [4.69, 9.17) is 11.6 Å². The van der Waals surface area contributed by atoms with Crippen LogP contribution in [-0.2, 0) is 21.4 Å². The van der Waals surface area contributed by atoms with Crippen molar-refractivity contribution in [3.63, 3.8) is 0 Å². The van der Waals surface area contributed by atoms with E-state index in [1.165, 1.54) is 0 Å². The van der Waals surface area contributed by atoms with Crippen LogP contribution < -0.4 is 5.32 Å². The normalized spacial score (nSPS) is 15.2. The smallest absolute Gasteiger partial charge is 0.243 e. The van der Waals surface area contributed by atoms with Crippen LogP contribution in [0.3, 0.4) is 0 Å². The number of anilines is 1. The maximum atomic E-state index is 13.4. The highest BCUT2D eigenvalue weighted by Gasteiger charge is 2.44. The summed E-state index contributed by atoms with van der Waals surface area (Å²) in [5, 5.41) is 3.61. The second-order valence-corrected chi connectivity index (χ2v) is 7.95. The molecular formula is C23H27ClN2O2. The molecule has 148 valence electrons. The van der Waals surface area contributed by atoms with Crippen molar-refractivity contribution < 1.29 is 9.59 Å². The van der Waals surface area contributed by atoms with Crippen LogP contribution in [0.1, 0.15) is 43.7 Å². The number of nitrogens with zero attached hydrogens (tertiary/aromatic N) is 1. The van der Waals surface area contributed by atoms with Gasteiger partial charge in [0.1, 0.15) is 0 Å². The van der Waals surface area contributed by atoms with Gasteiger partial charge in [0, 0.05) is 17.8 Å². The summed E-state index contributed by atoms with van der Waals surface area (Å²) in [6.45, 7) is 2.09. The van der Waals surface area contributed by atoms with Crippen LogP contribution in [0.15, 0.2) is 48.5 Å². The molecule has 2 amide bonds. The van der Waals surface area contributed by atoms with Crippen LogP contribution in [0.2, 0.25) is 5.02 Å². The summed E-state index contributed by atoms with van der Waals surface area (Å²) >= 11 is 6.03. The number of hydrogen-bond acceptors (Lipinski definition) is 2. The Morgan fingerprint density at radius 1 is 1.07 bits per heavy atom. The summed E-state index contributed by atoms with van der Waals surface area (Å²) in [4.78, 5) is 27.5. The number of hydrogen-bond donors (Lipinski definition) is 1. The number of halogens is 1. The van der Waals surface area contributed by atoms with Gasteiger partial charge in [-0.2, -0.15) is 0 Å². The number of carbonyl (C=O) groups is 2. The quantitative estimate of drug-likeness (QED) is 0.758. The fourth-order valence-electron chi connectivity index (χ4n) is 4.17. The van der Waals surface area contributed by atoms with Gasteiger partial charge >= 0.3 is 0 Å². The molecule has 1 aliphatic rings. The Kier molecular flexibility index (Phi) is 6.40. The molecule has 3 rings (SSSR count). The van der Waals surface area contributed by atoms with Gasteiger partial charge in [-0.25, -0.2) is 0 Å². The van der Waals surface area contributed by atoms with Gasteiger partial charge < -0.3 is 10.2 Å². The molecule has 0 atom stereocenters. The third-order valence-corrected chi connectivity index (χ3v) is 5.92. The summed E-state index contributed by atoms with van der Waals surface area (Å²) in [6.07, 6.45) is 4.47. The van der Waals surface area contributed by atoms with E-state index < -0.39 is 5.41 Å². The molecule has 1 fully saturated rings. The van der Waals surface area contributed by atoms with Crippen LogP contribution in [0.25, 0.3) is 0 Å².